The van der Waals surface area contributed by atoms with Gasteiger partial charge in [0.2, 0.25) is 0 Å². The Hall–Kier alpha value is -1.85. The lowest BCUT2D eigenvalue weighted by molar-refractivity contribution is 1.76. The molecule has 4 rings (SSSR count). The van der Waals surface area contributed by atoms with E-state index in [1.165, 1.54) is 26.9 Å². The lowest BCUT2D eigenvalue weighted by Gasteiger charge is -2.11. The minimum Gasteiger partial charge on any atom is -0.398 e. The van der Waals surface area contributed by atoms with Crippen LogP contribution in [0.5, 0.6) is 0 Å². The van der Waals surface area contributed by atoms with Crippen LogP contribution in [0.1, 0.15) is 0 Å². The third-order valence-corrected chi connectivity index (χ3v) is 3.56. The van der Waals surface area contributed by atoms with Gasteiger partial charge in [0.25, 0.3) is 0 Å². The Kier molecular flexibility index (Phi) is 2.39. The second-order valence-corrected chi connectivity index (χ2v) is 4.51. The fourth-order valence-corrected chi connectivity index (χ4v) is 2.76. The van der Waals surface area contributed by atoms with Gasteiger partial charge in [-0.3, -0.25) is 0 Å². The minimum atomic E-state index is 0. The Balaban J connectivity index is 0.000001000. The van der Waals surface area contributed by atoms with Crippen molar-refractivity contribution in [3.8, 4) is 0 Å². The van der Waals surface area contributed by atoms with Crippen LogP contribution < -0.4 is 5.73 Å². The molecule has 2 heteroatoms. The summed E-state index contributed by atoms with van der Waals surface area (Å²) in [5.74, 6) is 0. The molecule has 0 spiro atoms. The molecule has 0 aliphatic heterocycles. The summed E-state index contributed by atoms with van der Waals surface area (Å²) < 4.78 is 0. The van der Waals surface area contributed by atoms with E-state index in [1.807, 2.05) is 6.07 Å². The van der Waals surface area contributed by atoms with E-state index in [9.17, 15) is 0 Å². The van der Waals surface area contributed by atoms with E-state index in [-0.39, 0.29) is 9.90 Å². The molecule has 0 aliphatic carbocycles. The van der Waals surface area contributed by atoms with E-state index < -0.39 is 0 Å². The Morgan fingerprint density at radius 3 is 1.89 bits per heavy atom. The Labute approximate surface area is 109 Å². The van der Waals surface area contributed by atoms with Crippen LogP contribution in [0.25, 0.3) is 32.3 Å². The predicted molar refractivity (Wildman–Crippen MR) is 85.7 cm³/mol. The molecule has 4 aromatic rings. The molecular formula is C16H14NP. The monoisotopic (exact) mass is 251 g/mol. The normalized spacial score (nSPS) is 11.1. The van der Waals surface area contributed by atoms with Crippen molar-refractivity contribution in [2.24, 2.45) is 0 Å². The lowest BCUT2D eigenvalue weighted by atomic mass is 9.94. The van der Waals surface area contributed by atoms with Gasteiger partial charge in [-0.15, -0.1) is 0 Å². The molecule has 0 saturated carbocycles. The molecule has 0 heterocycles. The third-order valence-electron chi connectivity index (χ3n) is 3.56. The SMILES string of the molecule is Nc1ccc2ccc3cccc4ccc1c2c34.P. The summed E-state index contributed by atoms with van der Waals surface area (Å²) in [6, 6.07) is 19.1. The van der Waals surface area contributed by atoms with Gasteiger partial charge in [0.05, 0.1) is 0 Å². The zero-order valence-electron chi connectivity index (χ0n) is 9.98. The molecule has 88 valence electrons. The van der Waals surface area contributed by atoms with Gasteiger partial charge in [0.15, 0.2) is 0 Å². The second-order valence-electron chi connectivity index (χ2n) is 4.51. The van der Waals surface area contributed by atoms with E-state index in [4.69, 9.17) is 5.73 Å². The number of hydrogen-bond donors (Lipinski definition) is 1. The van der Waals surface area contributed by atoms with Crippen LogP contribution in [0.15, 0.2) is 54.6 Å². The topological polar surface area (TPSA) is 26.0 Å². The van der Waals surface area contributed by atoms with Crippen LogP contribution in [0.2, 0.25) is 0 Å². The first-order valence-corrected chi connectivity index (χ1v) is 5.76. The van der Waals surface area contributed by atoms with Crippen LogP contribution in [0, 0.1) is 0 Å². The van der Waals surface area contributed by atoms with Gasteiger partial charge in [0, 0.05) is 11.1 Å². The van der Waals surface area contributed by atoms with Crippen LogP contribution in [0.4, 0.5) is 5.69 Å². The van der Waals surface area contributed by atoms with Crippen molar-refractivity contribution in [1.29, 1.82) is 0 Å². The van der Waals surface area contributed by atoms with Crippen molar-refractivity contribution in [1.82, 2.24) is 0 Å². The van der Waals surface area contributed by atoms with Gasteiger partial charge in [-0.05, 0) is 33.0 Å². The number of nitrogens with two attached hydrogens (primary N) is 1. The quantitative estimate of drug-likeness (QED) is 0.282. The number of benzene rings is 4. The Morgan fingerprint density at radius 2 is 1.17 bits per heavy atom. The molecule has 18 heavy (non-hydrogen) atoms. The maximum Gasteiger partial charge on any atom is 0.0394 e. The highest BCUT2D eigenvalue weighted by atomic mass is 31.0. The number of anilines is 1. The summed E-state index contributed by atoms with van der Waals surface area (Å²) >= 11 is 0. The largest absolute Gasteiger partial charge is 0.398 e. The summed E-state index contributed by atoms with van der Waals surface area (Å²) in [6.07, 6.45) is 0. The van der Waals surface area contributed by atoms with Crippen LogP contribution in [-0.4, -0.2) is 0 Å². The van der Waals surface area contributed by atoms with E-state index in [1.54, 1.807) is 0 Å². The van der Waals surface area contributed by atoms with Gasteiger partial charge < -0.3 is 5.73 Å². The molecule has 0 bridgehead atoms. The van der Waals surface area contributed by atoms with Gasteiger partial charge in [-0.25, -0.2) is 0 Å². The molecule has 0 radical (unpaired) electrons. The first-order chi connectivity index (χ1) is 8.34. The highest BCUT2D eigenvalue weighted by Crippen LogP contribution is 2.36. The van der Waals surface area contributed by atoms with Gasteiger partial charge in [-0.2, -0.15) is 9.90 Å². The van der Waals surface area contributed by atoms with Crippen molar-refractivity contribution >= 4 is 47.9 Å². The highest BCUT2D eigenvalue weighted by molar-refractivity contribution is 6.92. The summed E-state index contributed by atoms with van der Waals surface area (Å²) in [5, 5.41) is 7.61. The smallest absolute Gasteiger partial charge is 0.0394 e. The fraction of sp³-hybridized carbons (Fsp3) is 0. The molecule has 0 amide bonds. The first kappa shape index (κ1) is 11.3. The molecule has 0 saturated heterocycles. The summed E-state index contributed by atoms with van der Waals surface area (Å²) in [4.78, 5) is 0. The van der Waals surface area contributed by atoms with Crippen LogP contribution in [-0.2, 0) is 0 Å². The van der Waals surface area contributed by atoms with Crippen LogP contribution in [0.3, 0.4) is 0 Å². The Bertz CT molecular complexity index is 836. The van der Waals surface area contributed by atoms with E-state index in [2.05, 4.69) is 48.5 Å². The summed E-state index contributed by atoms with van der Waals surface area (Å²) in [7, 11) is 0. The van der Waals surface area contributed by atoms with Gasteiger partial charge in [-0.1, -0.05) is 48.5 Å². The van der Waals surface area contributed by atoms with E-state index >= 15 is 0 Å². The summed E-state index contributed by atoms with van der Waals surface area (Å²) in [6.45, 7) is 0. The minimum absolute atomic E-state index is 0. The molecular weight excluding hydrogens is 237 g/mol. The lowest BCUT2D eigenvalue weighted by Crippen LogP contribution is -1.89. The van der Waals surface area contributed by atoms with E-state index in [0.717, 1.165) is 11.1 Å². The Morgan fingerprint density at radius 1 is 0.611 bits per heavy atom. The zero-order valence-corrected chi connectivity index (χ0v) is 11.4. The predicted octanol–water partition coefficient (Wildman–Crippen LogP) is 4.22. The molecule has 0 aromatic heterocycles. The van der Waals surface area contributed by atoms with Gasteiger partial charge >= 0.3 is 0 Å². The molecule has 4 aromatic carbocycles. The van der Waals surface area contributed by atoms with Crippen LogP contribution >= 0.6 is 9.90 Å². The maximum absolute atomic E-state index is 6.07. The number of rotatable bonds is 0. The molecule has 1 nitrogen and oxygen atoms in total. The number of nitrogen functional groups attached to an aromatic ring is 1. The second kappa shape index (κ2) is 3.83. The molecule has 1 unspecified atom stereocenters. The third kappa shape index (κ3) is 1.31. The van der Waals surface area contributed by atoms with Crippen molar-refractivity contribution in [2.45, 2.75) is 0 Å². The molecule has 0 fully saturated rings. The standard InChI is InChI=1S/C16H11N.H3P/c17-14-9-7-12-5-4-10-2-1-3-11-6-8-13(14)16(12)15(10)11;/h1-9H,17H2;1H3. The van der Waals surface area contributed by atoms with Crippen molar-refractivity contribution < 1.29 is 0 Å². The fourth-order valence-electron chi connectivity index (χ4n) is 2.76. The number of hydrogen-bond acceptors (Lipinski definition) is 1. The highest BCUT2D eigenvalue weighted by Gasteiger charge is 2.08. The summed E-state index contributed by atoms with van der Waals surface area (Å²) in [5.41, 5.74) is 6.92. The molecule has 0 aliphatic rings. The van der Waals surface area contributed by atoms with Crippen molar-refractivity contribution in [3.05, 3.63) is 54.6 Å². The maximum atomic E-state index is 6.07. The van der Waals surface area contributed by atoms with Gasteiger partial charge in [0.1, 0.15) is 0 Å². The average molecular weight is 251 g/mol. The average Bonchev–Trinajstić information content (AvgIpc) is 2.38. The first-order valence-electron chi connectivity index (χ1n) is 5.76. The molecule has 1 atom stereocenters. The van der Waals surface area contributed by atoms with Crippen molar-refractivity contribution in [3.63, 3.8) is 0 Å². The van der Waals surface area contributed by atoms with E-state index in [0.29, 0.717) is 0 Å². The molecule has 2 N–H and O–H groups in total. The van der Waals surface area contributed by atoms with Crippen molar-refractivity contribution in [2.75, 3.05) is 5.73 Å². The zero-order chi connectivity index (χ0) is 11.4.